The molecule has 2 heterocycles. The fourth-order valence-electron chi connectivity index (χ4n) is 3.11. The summed E-state index contributed by atoms with van der Waals surface area (Å²) in [5, 5.41) is 0. The number of hydrogen-bond donors (Lipinski definition) is 0. The maximum absolute atomic E-state index is 13.1. The number of hydrogen-bond acceptors (Lipinski definition) is 5. The SMILES string of the molecule is CCN(Cc1ccccc1)C(=O)c1cc(N(C)CCc2ccncc2)nc(C)n1. The molecule has 0 saturated heterocycles. The maximum Gasteiger partial charge on any atom is 0.272 e. The van der Waals surface area contributed by atoms with E-state index in [1.54, 1.807) is 23.4 Å². The molecular formula is C23H27N5O. The van der Waals surface area contributed by atoms with Crippen LogP contribution < -0.4 is 4.90 Å². The number of nitrogens with zero attached hydrogens (tertiary/aromatic N) is 5. The third kappa shape index (κ3) is 5.60. The van der Waals surface area contributed by atoms with Crippen LogP contribution in [0.2, 0.25) is 0 Å². The summed E-state index contributed by atoms with van der Waals surface area (Å²) in [6.45, 7) is 5.77. The molecule has 0 saturated carbocycles. The molecule has 0 spiro atoms. The fourth-order valence-corrected chi connectivity index (χ4v) is 3.11. The standard InChI is InChI=1S/C23H27N5O/c1-4-28(17-20-8-6-5-7-9-20)23(29)21-16-22(26-18(2)25-21)27(3)15-12-19-10-13-24-14-11-19/h5-11,13-14,16H,4,12,15,17H2,1-3H3. The van der Waals surface area contributed by atoms with E-state index in [4.69, 9.17) is 0 Å². The van der Waals surface area contributed by atoms with E-state index in [1.807, 2.05) is 63.4 Å². The predicted molar refractivity (Wildman–Crippen MR) is 115 cm³/mol. The van der Waals surface area contributed by atoms with Crippen LogP contribution in [0.5, 0.6) is 0 Å². The van der Waals surface area contributed by atoms with Gasteiger partial charge in [0.15, 0.2) is 0 Å². The van der Waals surface area contributed by atoms with Crippen molar-refractivity contribution in [2.45, 2.75) is 26.8 Å². The van der Waals surface area contributed by atoms with Gasteiger partial charge in [-0.3, -0.25) is 9.78 Å². The number of carbonyl (C=O) groups excluding carboxylic acids is 1. The normalized spacial score (nSPS) is 10.6. The molecule has 29 heavy (non-hydrogen) atoms. The molecule has 6 nitrogen and oxygen atoms in total. The second-order valence-corrected chi connectivity index (χ2v) is 6.99. The first-order valence-corrected chi connectivity index (χ1v) is 9.85. The van der Waals surface area contributed by atoms with Crippen LogP contribution in [0.15, 0.2) is 60.9 Å². The lowest BCUT2D eigenvalue weighted by molar-refractivity contribution is 0.0746. The Labute approximate surface area is 172 Å². The largest absolute Gasteiger partial charge is 0.359 e. The topological polar surface area (TPSA) is 62.2 Å². The number of pyridine rings is 1. The molecule has 0 bridgehead atoms. The second kappa shape index (κ2) is 9.78. The van der Waals surface area contributed by atoms with E-state index in [-0.39, 0.29) is 5.91 Å². The molecule has 1 amide bonds. The lowest BCUT2D eigenvalue weighted by atomic mass is 10.2. The molecule has 0 radical (unpaired) electrons. The van der Waals surface area contributed by atoms with Crippen LogP contribution in [0.1, 0.15) is 34.4 Å². The van der Waals surface area contributed by atoms with Crippen molar-refractivity contribution in [1.29, 1.82) is 0 Å². The summed E-state index contributed by atoms with van der Waals surface area (Å²) >= 11 is 0. The van der Waals surface area contributed by atoms with Gasteiger partial charge in [0.1, 0.15) is 17.3 Å². The Morgan fingerprint density at radius 3 is 2.41 bits per heavy atom. The number of carbonyl (C=O) groups is 1. The van der Waals surface area contributed by atoms with Crippen molar-refractivity contribution >= 4 is 11.7 Å². The summed E-state index contributed by atoms with van der Waals surface area (Å²) in [7, 11) is 1.98. The van der Waals surface area contributed by atoms with Crippen LogP contribution in [0.3, 0.4) is 0 Å². The average molecular weight is 390 g/mol. The van der Waals surface area contributed by atoms with Crippen molar-refractivity contribution < 1.29 is 4.79 Å². The zero-order valence-corrected chi connectivity index (χ0v) is 17.2. The highest BCUT2D eigenvalue weighted by molar-refractivity contribution is 5.93. The van der Waals surface area contributed by atoms with Gasteiger partial charge in [-0.1, -0.05) is 30.3 Å². The van der Waals surface area contributed by atoms with Gasteiger partial charge in [-0.25, -0.2) is 9.97 Å². The Bertz CT molecular complexity index is 931. The van der Waals surface area contributed by atoms with Gasteiger partial charge in [0.25, 0.3) is 5.91 Å². The van der Waals surface area contributed by atoms with Crippen molar-refractivity contribution in [3.05, 3.63) is 83.6 Å². The number of aryl methyl sites for hydroxylation is 1. The summed E-state index contributed by atoms with van der Waals surface area (Å²) in [4.78, 5) is 29.9. The van der Waals surface area contributed by atoms with Gasteiger partial charge < -0.3 is 9.80 Å². The Morgan fingerprint density at radius 1 is 1.00 bits per heavy atom. The summed E-state index contributed by atoms with van der Waals surface area (Å²) in [5.41, 5.74) is 2.75. The lowest BCUT2D eigenvalue weighted by Gasteiger charge is -2.22. The third-order valence-electron chi connectivity index (χ3n) is 4.81. The molecule has 0 N–H and O–H groups in total. The fraction of sp³-hybridized carbons (Fsp3) is 0.304. The van der Waals surface area contributed by atoms with Gasteiger partial charge in [-0.05, 0) is 43.5 Å². The molecular weight excluding hydrogens is 362 g/mol. The van der Waals surface area contributed by atoms with Crippen LogP contribution in [-0.4, -0.2) is 45.9 Å². The summed E-state index contributed by atoms with van der Waals surface area (Å²) in [6, 6.07) is 15.8. The molecule has 3 rings (SSSR count). The van der Waals surface area contributed by atoms with Gasteiger partial charge in [0, 0.05) is 45.1 Å². The Hall–Kier alpha value is -3.28. The Kier molecular flexibility index (Phi) is 6.89. The summed E-state index contributed by atoms with van der Waals surface area (Å²) in [6.07, 6.45) is 4.47. The Morgan fingerprint density at radius 2 is 1.72 bits per heavy atom. The number of amides is 1. The monoisotopic (exact) mass is 389 g/mol. The second-order valence-electron chi connectivity index (χ2n) is 6.99. The molecule has 0 fully saturated rings. The Balaban J connectivity index is 1.73. The molecule has 1 aromatic carbocycles. The maximum atomic E-state index is 13.1. The summed E-state index contributed by atoms with van der Waals surface area (Å²) in [5.74, 6) is 1.27. The number of anilines is 1. The minimum Gasteiger partial charge on any atom is -0.359 e. The molecule has 0 aliphatic carbocycles. The van der Waals surface area contributed by atoms with E-state index >= 15 is 0 Å². The molecule has 0 aliphatic rings. The highest BCUT2D eigenvalue weighted by Gasteiger charge is 2.18. The van der Waals surface area contributed by atoms with E-state index < -0.39 is 0 Å². The smallest absolute Gasteiger partial charge is 0.272 e. The van der Waals surface area contributed by atoms with Gasteiger partial charge in [-0.15, -0.1) is 0 Å². The van der Waals surface area contributed by atoms with E-state index in [9.17, 15) is 4.79 Å². The van der Waals surface area contributed by atoms with E-state index in [0.717, 1.165) is 24.3 Å². The quantitative estimate of drug-likeness (QED) is 0.590. The first-order chi connectivity index (χ1) is 14.1. The minimum absolute atomic E-state index is 0.0781. The molecule has 6 heteroatoms. The van der Waals surface area contributed by atoms with Crippen LogP contribution in [0.25, 0.3) is 0 Å². The number of likely N-dealkylation sites (N-methyl/N-ethyl adjacent to an activating group) is 1. The van der Waals surface area contributed by atoms with Crippen LogP contribution in [0, 0.1) is 6.92 Å². The van der Waals surface area contributed by atoms with Crippen molar-refractivity contribution in [2.24, 2.45) is 0 Å². The molecule has 3 aromatic rings. The molecule has 150 valence electrons. The van der Waals surface area contributed by atoms with Crippen LogP contribution in [0.4, 0.5) is 5.82 Å². The molecule has 2 aromatic heterocycles. The molecule has 0 aliphatic heterocycles. The van der Waals surface area contributed by atoms with Crippen molar-refractivity contribution in [3.63, 3.8) is 0 Å². The van der Waals surface area contributed by atoms with Crippen molar-refractivity contribution in [2.75, 3.05) is 25.0 Å². The first-order valence-electron chi connectivity index (χ1n) is 9.85. The average Bonchev–Trinajstić information content (AvgIpc) is 2.76. The van der Waals surface area contributed by atoms with E-state index in [0.29, 0.717) is 24.6 Å². The van der Waals surface area contributed by atoms with Gasteiger partial charge in [-0.2, -0.15) is 0 Å². The number of rotatable bonds is 8. The van der Waals surface area contributed by atoms with Gasteiger partial charge in [0.2, 0.25) is 0 Å². The highest BCUT2D eigenvalue weighted by Crippen LogP contribution is 2.15. The lowest BCUT2D eigenvalue weighted by Crippen LogP contribution is -2.31. The molecule has 0 unspecified atom stereocenters. The highest BCUT2D eigenvalue weighted by atomic mass is 16.2. The van der Waals surface area contributed by atoms with Gasteiger partial charge in [0.05, 0.1) is 0 Å². The van der Waals surface area contributed by atoms with E-state index in [2.05, 4.69) is 19.9 Å². The zero-order valence-electron chi connectivity index (χ0n) is 17.2. The number of benzene rings is 1. The summed E-state index contributed by atoms with van der Waals surface area (Å²) < 4.78 is 0. The molecule has 0 atom stereocenters. The van der Waals surface area contributed by atoms with Crippen molar-refractivity contribution in [1.82, 2.24) is 19.9 Å². The minimum atomic E-state index is -0.0781. The van der Waals surface area contributed by atoms with Crippen LogP contribution >= 0.6 is 0 Å². The van der Waals surface area contributed by atoms with Crippen molar-refractivity contribution in [3.8, 4) is 0 Å². The first kappa shape index (κ1) is 20.5. The van der Waals surface area contributed by atoms with Crippen LogP contribution in [-0.2, 0) is 13.0 Å². The number of aromatic nitrogens is 3. The van der Waals surface area contributed by atoms with Gasteiger partial charge >= 0.3 is 0 Å². The zero-order chi connectivity index (χ0) is 20.6. The van der Waals surface area contributed by atoms with E-state index in [1.165, 1.54) is 5.56 Å². The predicted octanol–water partition coefficient (Wildman–Crippen LogP) is 3.52. The third-order valence-corrected chi connectivity index (χ3v) is 4.81.